The minimum absolute atomic E-state index is 0. The van der Waals surface area contributed by atoms with Crippen molar-refractivity contribution >= 4 is 27.6 Å². The molecule has 1 aromatic carbocycles. The Morgan fingerprint density at radius 2 is 1.76 bits per heavy atom. The van der Waals surface area contributed by atoms with Crippen LogP contribution in [0.3, 0.4) is 0 Å². The van der Waals surface area contributed by atoms with Crippen molar-refractivity contribution in [2.45, 2.75) is 71.3 Å². The van der Waals surface area contributed by atoms with Crippen molar-refractivity contribution in [1.82, 2.24) is 14.7 Å². The number of amides is 2. The summed E-state index contributed by atoms with van der Waals surface area (Å²) >= 11 is 0. The van der Waals surface area contributed by atoms with Gasteiger partial charge in [-0.05, 0) is 119 Å². The summed E-state index contributed by atoms with van der Waals surface area (Å²) in [5.74, 6) is 0.192. The van der Waals surface area contributed by atoms with E-state index in [2.05, 4.69) is 33.2 Å². The number of piperidine rings is 1. The van der Waals surface area contributed by atoms with E-state index >= 15 is 0 Å². The first-order valence-electron chi connectivity index (χ1n) is 13.2. The second-order valence-electron chi connectivity index (χ2n) is 10.8. The zero-order valence-electron chi connectivity index (χ0n) is 22.5. The molecule has 0 bridgehead atoms. The molecule has 0 saturated carbocycles. The van der Waals surface area contributed by atoms with Crippen molar-refractivity contribution in [2.75, 3.05) is 36.3 Å². The van der Waals surface area contributed by atoms with E-state index in [0.29, 0.717) is 5.69 Å². The molecule has 1 aromatic heterocycles. The minimum Gasteiger partial charge on any atom is -0.423 e. The van der Waals surface area contributed by atoms with E-state index in [1.54, 1.807) is 17.1 Å². The summed E-state index contributed by atoms with van der Waals surface area (Å²) in [4.78, 5) is 15.4. The summed E-state index contributed by atoms with van der Waals surface area (Å²) in [5, 5.41) is 7.24. The number of urea groups is 1. The number of hydrogen-bond acceptors (Lipinski definition) is 5. The Labute approximate surface area is 242 Å². The van der Waals surface area contributed by atoms with Gasteiger partial charge < -0.3 is 14.9 Å². The van der Waals surface area contributed by atoms with Crippen LogP contribution in [0.2, 0.25) is 0 Å². The second kappa shape index (κ2) is 11.7. The first-order chi connectivity index (χ1) is 17.2. The van der Waals surface area contributed by atoms with E-state index < -0.39 is 16.2 Å². The molecule has 9 nitrogen and oxygen atoms in total. The van der Waals surface area contributed by atoms with Crippen molar-refractivity contribution in [3.05, 3.63) is 45.4 Å². The normalized spacial score (nSPS) is 17.8. The molecule has 11 heteroatoms. The summed E-state index contributed by atoms with van der Waals surface area (Å²) in [6.45, 7) is 6.10. The van der Waals surface area contributed by atoms with Gasteiger partial charge in [0.2, 0.25) is 0 Å². The number of likely N-dealkylation sites (tertiary alicyclic amines) is 1. The van der Waals surface area contributed by atoms with Crippen molar-refractivity contribution in [2.24, 2.45) is 5.92 Å². The molecular formula is C26H37N6NaO3S. The van der Waals surface area contributed by atoms with Crippen molar-refractivity contribution < 1.29 is 42.8 Å². The predicted octanol–water partition coefficient (Wildman–Crippen LogP) is 1.44. The topological polar surface area (TPSA) is 102 Å². The first-order valence-corrected chi connectivity index (χ1v) is 14.6. The molecule has 5 rings (SSSR count). The van der Waals surface area contributed by atoms with Gasteiger partial charge in [-0.3, -0.25) is 13.8 Å². The monoisotopic (exact) mass is 536 g/mol. The predicted molar refractivity (Wildman–Crippen MR) is 142 cm³/mol. The molecule has 196 valence electrons. The maximum Gasteiger partial charge on any atom is 1.00 e. The number of carbonyl (C=O) groups is 1. The van der Waals surface area contributed by atoms with Gasteiger partial charge in [0, 0.05) is 18.8 Å². The number of aryl methyl sites for hydroxylation is 2. The standard InChI is InChI=1S/C26H38N6O3S.Na/c1-18(2)31-17-22(15-27-31)32(16-19-10-12-30(3)13-11-19)36(34,35)29-26(33)28-25-23-8-4-6-20(23)14-21-7-5-9-24(21)25;/h14-15,17-19H,4-13,16H2,1-3H3,(H2,28,29,33);/q;+1/p-1. The van der Waals surface area contributed by atoms with Crippen LogP contribution in [0.5, 0.6) is 0 Å². The fourth-order valence-corrected chi connectivity index (χ4v) is 6.92. The van der Waals surface area contributed by atoms with Gasteiger partial charge in [-0.1, -0.05) is 6.07 Å². The third-order valence-electron chi connectivity index (χ3n) is 7.85. The molecule has 1 fully saturated rings. The number of nitrogens with zero attached hydrogens (tertiary/aromatic N) is 5. The van der Waals surface area contributed by atoms with E-state index in [9.17, 15) is 13.2 Å². The van der Waals surface area contributed by atoms with Crippen molar-refractivity contribution in [3.8, 4) is 0 Å². The minimum atomic E-state index is -4.27. The third kappa shape index (κ3) is 6.19. The summed E-state index contributed by atoms with van der Waals surface area (Å²) in [7, 11) is -2.19. The molecule has 0 atom stereocenters. The summed E-state index contributed by atoms with van der Waals surface area (Å²) in [6, 6.07) is 1.55. The third-order valence-corrected chi connectivity index (χ3v) is 9.16. The average molecular weight is 537 g/mol. The van der Waals surface area contributed by atoms with Crippen LogP contribution in [-0.4, -0.2) is 55.8 Å². The van der Waals surface area contributed by atoms with Crippen LogP contribution in [0.15, 0.2) is 18.5 Å². The molecule has 0 unspecified atom stereocenters. The number of carbonyl (C=O) groups excluding carboxylic acids is 1. The Morgan fingerprint density at radius 3 is 2.32 bits per heavy atom. The van der Waals surface area contributed by atoms with E-state index in [-0.39, 0.29) is 48.1 Å². The van der Waals surface area contributed by atoms with Crippen LogP contribution < -0.4 is 39.2 Å². The van der Waals surface area contributed by atoms with Gasteiger partial charge in [0.15, 0.2) is 6.03 Å². The first kappa shape index (κ1) is 28.4. The maximum absolute atomic E-state index is 13.6. The maximum atomic E-state index is 13.6. The van der Waals surface area contributed by atoms with Gasteiger partial charge in [-0.2, -0.15) is 5.10 Å². The van der Waals surface area contributed by atoms with E-state index in [1.165, 1.54) is 15.4 Å². The van der Waals surface area contributed by atoms with Gasteiger partial charge in [0.05, 0.1) is 11.9 Å². The number of benzene rings is 1. The van der Waals surface area contributed by atoms with Gasteiger partial charge in [0.25, 0.3) is 10.2 Å². The molecule has 1 saturated heterocycles. The average Bonchev–Trinajstić information content (AvgIpc) is 3.58. The molecule has 0 spiro atoms. The largest absolute Gasteiger partial charge is 1.00 e. The van der Waals surface area contributed by atoms with Gasteiger partial charge in [-0.25, -0.2) is 8.42 Å². The Balaban J connectivity index is 0.00000320. The van der Waals surface area contributed by atoms with Gasteiger partial charge in [0.1, 0.15) is 0 Å². The number of anilines is 2. The van der Waals surface area contributed by atoms with Gasteiger partial charge in [-0.15, -0.1) is 0 Å². The molecule has 3 aliphatic rings. The number of rotatable bonds is 7. The second-order valence-corrected chi connectivity index (χ2v) is 12.3. The molecule has 2 aromatic rings. The fourth-order valence-electron chi connectivity index (χ4n) is 5.80. The van der Waals surface area contributed by atoms with Crippen molar-refractivity contribution in [1.29, 1.82) is 0 Å². The molecule has 1 N–H and O–H groups in total. The Morgan fingerprint density at radius 1 is 1.14 bits per heavy atom. The summed E-state index contributed by atoms with van der Waals surface area (Å²) in [5.41, 5.74) is 6.10. The Hall–Kier alpha value is -1.59. The number of nitrogens with one attached hydrogen (secondary N) is 1. The molecule has 37 heavy (non-hydrogen) atoms. The van der Waals surface area contributed by atoms with Crippen LogP contribution >= 0.6 is 0 Å². The zero-order valence-corrected chi connectivity index (χ0v) is 25.4. The van der Waals surface area contributed by atoms with Crippen LogP contribution in [0.4, 0.5) is 16.2 Å². The van der Waals surface area contributed by atoms with Crippen LogP contribution in [0, 0.1) is 5.92 Å². The molecule has 2 amide bonds. The van der Waals surface area contributed by atoms with E-state index in [1.807, 2.05) is 13.8 Å². The Bertz CT molecular complexity index is 1200. The van der Waals surface area contributed by atoms with Gasteiger partial charge >= 0.3 is 29.6 Å². The molecule has 1 aliphatic heterocycles. The van der Waals surface area contributed by atoms with Crippen LogP contribution in [0.25, 0.3) is 4.72 Å². The Kier molecular flexibility index (Phi) is 8.95. The number of fused-ring (bicyclic) bond motifs is 2. The molecule has 2 heterocycles. The van der Waals surface area contributed by atoms with E-state index in [0.717, 1.165) is 81.3 Å². The van der Waals surface area contributed by atoms with Crippen molar-refractivity contribution in [3.63, 3.8) is 0 Å². The summed E-state index contributed by atoms with van der Waals surface area (Å²) in [6.07, 6.45) is 11.0. The number of hydrogen-bond donors (Lipinski definition) is 1. The molecule has 0 radical (unpaired) electrons. The van der Waals surface area contributed by atoms with E-state index in [4.69, 9.17) is 0 Å². The quantitative estimate of drug-likeness (QED) is 0.540. The van der Waals surface area contributed by atoms with Crippen LogP contribution in [-0.2, 0) is 35.9 Å². The molecule has 2 aliphatic carbocycles. The smallest absolute Gasteiger partial charge is 0.423 e. The SMILES string of the molecule is CC(C)n1cc(N(CC2CCN(C)CC2)S(=O)(=O)[N-]C(=O)Nc2c3c(cc4c2CCC4)CCC3)cn1.[Na+]. The summed E-state index contributed by atoms with van der Waals surface area (Å²) < 4.78 is 33.9. The zero-order chi connectivity index (χ0) is 25.4. The number of aromatic nitrogens is 2. The van der Waals surface area contributed by atoms with Crippen LogP contribution in [0.1, 0.15) is 67.8 Å². The molecular weight excluding hydrogens is 499 g/mol. The fraction of sp³-hybridized carbons (Fsp3) is 0.615.